The van der Waals surface area contributed by atoms with E-state index in [0.29, 0.717) is 0 Å². The number of hydrogen-bond donors (Lipinski definition) is 1. The van der Waals surface area contributed by atoms with Crippen molar-refractivity contribution in [3.63, 3.8) is 0 Å². The molecule has 68 valence electrons. The molecule has 2 heteroatoms. The van der Waals surface area contributed by atoms with Crippen LogP contribution in [-0.4, -0.2) is 6.16 Å². The monoisotopic (exact) mass is 183 g/mol. The van der Waals surface area contributed by atoms with Crippen LogP contribution in [0.2, 0.25) is 0 Å². The van der Waals surface area contributed by atoms with E-state index in [1.54, 1.807) is 0 Å². The van der Waals surface area contributed by atoms with Gasteiger partial charge in [0.2, 0.25) is 0 Å². The summed E-state index contributed by atoms with van der Waals surface area (Å²) >= 11 is 0. The van der Waals surface area contributed by atoms with E-state index < -0.39 is 0 Å². The number of nitrogens with two attached hydrogens (primary N) is 1. The van der Waals surface area contributed by atoms with Crippen LogP contribution < -0.4 is 5.73 Å². The van der Waals surface area contributed by atoms with Gasteiger partial charge in [-0.25, -0.2) is 0 Å². The van der Waals surface area contributed by atoms with Crippen LogP contribution in [0.5, 0.6) is 0 Å². The Labute approximate surface area is 77.6 Å². The van der Waals surface area contributed by atoms with Crippen molar-refractivity contribution in [2.75, 3.05) is 11.9 Å². The Morgan fingerprint density at radius 1 is 1.25 bits per heavy atom. The molecule has 1 aromatic carbocycles. The van der Waals surface area contributed by atoms with Crippen LogP contribution in [0.4, 0.5) is 5.69 Å². The first-order chi connectivity index (χ1) is 5.84. The minimum Gasteiger partial charge on any atom is -0.399 e. The number of benzene rings is 1. The molecule has 0 bridgehead atoms. The molecule has 1 nitrogen and oxygen atoms in total. The highest BCUT2D eigenvalue weighted by Gasteiger charge is 1.93. The quantitative estimate of drug-likeness (QED) is 0.553. The van der Waals surface area contributed by atoms with Crippen LogP contribution in [0.25, 0.3) is 0 Å². The first-order valence-corrected chi connectivity index (χ1v) is 5.19. The minimum atomic E-state index is 0.907. The van der Waals surface area contributed by atoms with Crippen molar-refractivity contribution in [2.24, 2.45) is 0 Å². The number of aryl methyl sites for hydroxylation is 1. The second kappa shape index (κ2) is 7.12. The summed E-state index contributed by atoms with van der Waals surface area (Å²) in [5, 5.41) is 0. The van der Waals surface area contributed by atoms with Gasteiger partial charge in [-0.3, -0.25) is 0 Å². The molecule has 0 saturated carbocycles. The topological polar surface area (TPSA) is 26.0 Å². The predicted octanol–water partition coefficient (Wildman–Crippen LogP) is 2.71. The summed E-state index contributed by atoms with van der Waals surface area (Å²) in [6.07, 6.45) is 2.13. The van der Waals surface area contributed by atoms with Gasteiger partial charge in [0, 0.05) is 5.69 Å². The molecule has 1 atom stereocenters. The van der Waals surface area contributed by atoms with Crippen LogP contribution in [0, 0.1) is 0 Å². The maximum atomic E-state index is 5.70. The molecule has 0 spiro atoms. The summed E-state index contributed by atoms with van der Waals surface area (Å²) in [7, 11) is 2.69. The van der Waals surface area contributed by atoms with Gasteiger partial charge in [-0.1, -0.05) is 32.0 Å². The van der Waals surface area contributed by atoms with Crippen LogP contribution >= 0.6 is 9.24 Å². The second-order valence-electron chi connectivity index (χ2n) is 2.24. The molecule has 2 N–H and O–H groups in total. The average molecular weight is 183 g/mol. The van der Waals surface area contributed by atoms with Crippen LogP contribution in [0.3, 0.4) is 0 Å². The van der Waals surface area contributed by atoms with Crippen molar-refractivity contribution >= 4 is 14.9 Å². The standard InChI is InChI=1S/C8H12NP.C2H6/c9-8-4-2-1-3-7(8)5-6-10;1-2/h1-4H,5-6,9-10H2;1-2H3. The third-order valence-electron chi connectivity index (χ3n) is 1.47. The predicted molar refractivity (Wildman–Crippen MR) is 60.5 cm³/mol. The SMILES string of the molecule is CC.Nc1ccccc1CCP. The number of para-hydroxylation sites is 1. The highest BCUT2D eigenvalue weighted by atomic mass is 31.0. The van der Waals surface area contributed by atoms with Gasteiger partial charge in [0.05, 0.1) is 0 Å². The Bertz CT molecular complexity index is 211. The molecular weight excluding hydrogens is 165 g/mol. The molecule has 0 fully saturated rings. The number of rotatable bonds is 2. The molecule has 1 unspecified atom stereocenters. The zero-order valence-corrected chi connectivity index (χ0v) is 9.03. The Hall–Kier alpha value is -0.550. The van der Waals surface area contributed by atoms with Gasteiger partial charge in [-0.05, 0) is 24.2 Å². The molecule has 0 aliphatic rings. The van der Waals surface area contributed by atoms with Crippen LogP contribution in [0.15, 0.2) is 24.3 Å². The van der Waals surface area contributed by atoms with Gasteiger partial charge in [0.1, 0.15) is 0 Å². The minimum absolute atomic E-state index is 0.907. The molecule has 12 heavy (non-hydrogen) atoms. The van der Waals surface area contributed by atoms with Gasteiger partial charge in [-0.2, -0.15) is 0 Å². The Kier molecular flexibility index (Phi) is 6.79. The summed E-state index contributed by atoms with van der Waals surface area (Å²) < 4.78 is 0. The molecule has 0 aliphatic heterocycles. The third kappa shape index (κ3) is 3.73. The van der Waals surface area contributed by atoms with Gasteiger partial charge < -0.3 is 5.73 Å². The number of nitrogen functional groups attached to an aromatic ring is 1. The summed E-state index contributed by atoms with van der Waals surface area (Å²) in [6.45, 7) is 4.00. The van der Waals surface area contributed by atoms with E-state index in [2.05, 4.69) is 15.3 Å². The first-order valence-electron chi connectivity index (χ1n) is 4.38. The molecule has 0 aliphatic carbocycles. The third-order valence-corrected chi connectivity index (χ3v) is 1.76. The number of hydrogen-bond acceptors (Lipinski definition) is 1. The fourth-order valence-corrected chi connectivity index (χ4v) is 1.23. The van der Waals surface area contributed by atoms with Crippen molar-refractivity contribution in [1.29, 1.82) is 0 Å². The molecule has 0 heterocycles. The van der Waals surface area contributed by atoms with Crippen molar-refractivity contribution in [1.82, 2.24) is 0 Å². The van der Waals surface area contributed by atoms with E-state index in [4.69, 9.17) is 5.73 Å². The zero-order valence-electron chi connectivity index (χ0n) is 7.88. The van der Waals surface area contributed by atoms with E-state index in [1.165, 1.54) is 5.56 Å². The lowest BCUT2D eigenvalue weighted by Crippen LogP contribution is -1.93. The van der Waals surface area contributed by atoms with E-state index in [0.717, 1.165) is 18.3 Å². The van der Waals surface area contributed by atoms with Crippen molar-refractivity contribution in [3.8, 4) is 0 Å². The van der Waals surface area contributed by atoms with Gasteiger partial charge in [0.25, 0.3) is 0 Å². The number of anilines is 1. The molecule has 0 saturated heterocycles. The molecule has 0 aromatic heterocycles. The smallest absolute Gasteiger partial charge is 0.0346 e. The summed E-state index contributed by atoms with van der Waals surface area (Å²) in [5.74, 6) is 0. The summed E-state index contributed by atoms with van der Waals surface area (Å²) in [5.41, 5.74) is 7.85. The molecule has 1 rings (SSSR count). The van der Waals surface area contributed by atoms with E-state index in [-0.39, 0.29) is 0 Å². The van der Waals surface area contributed by atoms with Gasteiger partial charge in [0.15, 0.2) is 0 Å². The molecule has 0 amide bonds. The average Bonchev–Trinajstić information content (AvgIpc) is 2.13. The maximum Gasteiger partial charge on any atom is 0.0346 e. The van der Waals surface area contributed by atoms with Crippen molar-refractivity contribution in [3.05, 3.63) is 29.8 Å². The lowest BCUT2D eigenvalue weighted by Gasteiger charge is -2.00. The maximum absolute atomic E-state index is 5.70. The van der Waals surface area contributed by atoms with Gasteiger partial charge >= 0.3 is 0 Å². The van der Waals surface area contributed by atoms with E-state index in [1.807, 2.05) is 32.0 Å². The van der Waals surface area contributed by atoms with Crippen molar-refractivity contribution < 1.29 is 0 Å². The normalized spacial score (nSPS) is 8.58. The fourth-order valence-electron chi connectivity index (χ4n) is 0.917. The molecular formula is C10H18NP. The Balaban J connectivity index is 0.000000561. The fraction of sp³-hybridized carbons (Fsp3) is 0.400. The molecule has 1 aromatic rings. The summed E-state index contributed by atoms with van der Waals surface area (Å²) in [6, 6.07) is 7.99. The van der Waals surface area contributed by atoms with E-state index in [9.17, 15) is 0 Å². The second-order valence-corrected chi connectivity index (χ2v) is 2.81. The van der Waals surface area contributed by atoms with Crippen molar-refractivity contribution in [2.45, 2.75) is 20.3 Å². The molecule has 0 radical (unpaired) electrons. The van der Waals surface area contributed by atoms with E-state index >= 15 is 0 Å². The zero-order chi connectivity index (χ0) is 9.40. The summed E-state index contributed by atoms with van der Waals surface area (Å²) in [4.78, 5) is 0. The Morgan fingerprint density at radius 2 is 1.83 bits per heavy atom. The Morgan fingerprint density at radius 3 is 2.33 bits per heavy atom. The largest absolute Gasteiger partial charge is 0.399 e. The van der Waals surface area contributed by atoms with Gasteiger partial charge in [-0.15, -0.1) is 9.24 Å². The van der Waals surface area contributed by atoms with Crippen LogP contribution in [-0.2, 0) is 6.42 Å². The first kappa shape index (κ1) is 11.4. The highest BCUT2D eigenvalue weighted by molar-refractivity contribution is 7.16. The lowest BCUT2D eigenvalue weighted by molar-refractivity contribution is 1.16. The lowest BCUT2D eigenvalue weighted by atomic mass is 10.1. The van der Waals surface area contributed by atoms with Crippen LogP contribution in [0.1, 0.15) is 19.4 Å². The highest BCUT2D eigenvalue weighted by Crippen LogP contribution is 2.11.